The summed E-state index contributed by atoms with van der Waals surface area (Å²) < 4.78 is 2.48. The van der Waals surface area contributed by atoms with E-state index < -0.39 is 0 Å². The predicted octanol–water partition coefficient (Wildman–Crippen LogP) is 4.14. The molecule has 7 heteroatoms. The zero-order valence-corrected chi connectivity index (χ0v) is 20.2. The molecule has 2 aliphatic heterocycles. The van der Waals surface area contributed by atoms with E-state index in [1.807, 2.05) is 0 Å². The summed E-state index contributed by atoms with van der Waals surface area (Å²) >= 11 is 0. The summed E-state index contributed by atoms with van der Waals surface area (Å²) in [6.07, 6.45) is 6.34. The van der Waals surface area contributed by atoms with E-state index in [0.29, 0.717) is 0 Å². The third-order valence-corrected chi connectivity index (χ3v) is 7.57. The Hall–Kier alpha value is -3.19. The Bertz CT molecular complexity index is 1280. The van der Waals surface area contributed by atoms with Crippen LogP contribution in [-0.2, 0) is 19.4 Å². The fourth-order valence-corrected chi connectivity index (χ4v) is 5.54. The van der Waals surface area contributed by atoms with Crippen molar-refractivity contribution in [3.63, 3.8) is 0 Å². The molecule has 2 aliphatic rings. The first-order valence-corrected chi connectivity index (χ1v) is 12.6. The summed E-state index contributed by atoms with van der Waals surface area (Å²) in [7, 11) is 0. The number of rotatable bonds is 5. The van der Waals surface area contributed by atoms with Gasteiger partial charge in [0, 0.05) is 50.7 Å². The van der Waals surface area contributed by atoms with Gasteiger partial charge in [0.1, 0.15) is 23.2 Å². The number of piperazine rings is 1. The van der Waals surface area contributed by atoms with Crippen LogP contribution < -0.4 is 4.90 Å². The average Bonchev–Trinajstić information content (AvgIpc) is 3.39. The van der Waals surface area contributed by atoms with Crippen LogP contribution in [0.15, 0.2) is 36.7 Å². The Morgan fingerprint density at radius 2 is 1.76 bits per heavy atom. The number of H-pyrrole nitrogens is 1. The van der Waals surface area contributed by atoms with E-state index in [4.69, 9.17) is 15.0 Å². The molecule has 0 bridgehead atoms. The van der Waals surface area contributed by atoms with Crippen LogP contribution >= 0.6 is 0 Å². The van der Waals surface area contributed by atoms with Crippen LogP contribution in [-0.4, -0.2) is 62.1 Å². The van der Waals surface area contributed by atoms with Crippen molar-refractivity contribution in [2.45, 2.75) is 46.1 Å². The highest BCUT2D eigenvalue weighted by atomic mass is 15.3. The number of nitrogens with zero attached hydrogens (tertiary/aromatic N) is 6. The van der Waals surface area contributed by atoms with Crippen LogP contribution in [0.25, 0.3) is 22.4 Å². The molecule has 0 radical (unpaired) electrons. The van der Waals surface area contributed by atoms with E-state index in [-0.39, 0.29) is 0 Å². The third kappa shape index (κ3) is 3.78. The summed E-state index contributed by atoms with van der Waals surface area (Å²) in [6, 6.07) is 10.8. The number of nitrogens with one attached hydrogen (secondary N) is 1. The van der Waals surface area contributed by atoms with E-state index >= 15 is 0 Å². The molecule has 3 aromatic heterocycles. The molecule has 1 aromatic carbocycles. The molecular weight excluding hydrogens is 422 g/mol. The Morgan fingerprint density at radius 3 is 2.53 bits per heavy atom. The van der Waals surface area contributed by atoms with Gasteiger partial charge < -0.3 is 14.5 Å². The summed E-state index contributed by atoms with van der Waals surface area (Å²) in [5.41, 5.74) is 8.37. The highest BCUT2D eigenvalue weighted by Crippen LogP contribution is 2.39. The molecule has 1 N–H and O–H groups in total. The Labute approximate surface area is 200 Å². The van der Waals surface area contributed by atoms with Crippen molar-refractivity contribution < 1.29 is 0 Å². The molecule has 0 spiro atoms. The lowest BCUT2D eigenvalue weighted by atomic mass is 10.1. The first-order chi connectivity index (χ1) is 16.7. The smallest absolute Gasteiger partial charge is 0.156 e. The van der Waals surface area contributed by atoms with Gasteiger partial charge in [0.2, 0.25) is 0 Å². The van der Waals surface area contributed by atoms with Gasteiger partial charge in [-0.3, -0.25) is 4.90 Å². The quantitative estimate of drug-likeness (QED) is 0.490. The van der Waals surface area contributed by atoms with Gasteiger partial charge in [-0.25, -0.2) is 15.0 Å². The van der Waals surface area contributed by atoms with Crippen molar-refractivity contribution in [2.75, 3.05) is 37.6 Å². The monoisotopic (exact) mass is 455 g/mol. The number of hydrogen-bond acceptors (Lipinski definition) is 5. The van der Waals surface area contributed by atoms with Crippen LogP contribution in [0, 0.1) is 13.8 Å². The molecule has 0 aliphatic carbocycles. The minimum absolute atomic E-state index is 0.950. The molecule has 6 rings (SSSR count). The minimum Gasteiger partial charge on any atom is -0.352 e. The highest BCUT2D eigenvalue weighted by molar-refractivity contribution is 5.99. The first kappa shape index (κ1) is 21.4. The average molecular weight is 456 g/mol. The minimum atomic E-state index is 0.950. The van der Waals surface area contributed by atoms with Crippen LogP contribution in [0.3, 0.4) is 0 Å². The van der Waals surface area contributed by atoms with Gasteiger partial charge in [-0.15, -0.1) is 0 Å². The molecule has 0 unspecified atom stereocenters. The van der Waals surface area contributed by atoms with Crippen LogP contribution in [0.1, 0.15) is 35.5 Å². The van der Waals surface area contributed by atoms with E-state index in [1.54, 1.807) is 6.33 Å². The zero-order chi connectivity index (χ0) is 23.1. The molecule has 0 saturated carbocycles. The van der Waals surface area contributed by atoms with Gasteiger partial charge in [-0.05, 0) is 45.1 Å². The molecule has 5 heterocycles. The molecule has 7 nitrogen and oxygen atoms in total. The SMILES string of the molecule is Cc1nc(-c2c3n(c4c(N5CCN(CCc6ccccc6)CC5)ncnc24)CCCC3)[nH]c1C. The number of fused-ring (bicyclic) bond motifs is 3. The summed E-state index contributed by atoms with van der Waals surface area (Å²) in [4.78, 5) is 23.1. The Balaban J connectivity index is 1.29. The largest absolute Gasteiger partial charge is 0.352 e. The first-order valence-electron chi connectivity index (χ1n) is 12.6. The third-order valence-electron chi connectivity index (χ3n) is 7.57. The molecule has 1 fully saturated rings. The van der Waals surface area contributed by atoms with E-state index in [0.717, 1.165) is 80.7 Å². The second-order valence-corrected chi connectivity index (χ2v) is 9.69. The maximum Gasteiger partial charge on any atom is 0.156 e. The van der Waals surface area contributed by atoms with E-state index in [2.05, 4.69) is 63.5 Å². The topological polar surface area (TPSA) is 65.9 Å². The van der Waals surface area contributed by atoms with Gasteiger partial charge in [0.05, 0.1) is 11.3 Å². The molecule has 4 aromatic rings. The van der Waals surface area contributed by atoms with Crippen LogP contribution in [0.4, 0.5) is 5.82 Å². The van der Waals surface area contributed by atoms with Crippen LogP contribution in [0.2, 0.25) is 0 Å². The Morgan fingerprint density at radius 1 is 0.941 bits per heavy atom. The number of aromatic amines is 1. The second kappa shape index (κ2) is 8.87. The van der Waals surface area contributed by atoms with Gasteiger partial charge in [-0.1, -0.05) is 30.3 Å². The number of aryl methyl sites for hydroxylation is 3. The van der Waals surface area contributed by atoms with Crippen molar-refractivity contribution >= 4 is 16.9 Å². The number of anilines is 1. The van der Waals surface area contributed by atoms with Gasteiger partial charge in [-0.2, -0.15) is 0 Å². The summed E-state index contributed by atoms with van der Waals surface area (Å²) in [6.45, 7) is 10.4. The maximum absolute atomic E-state index is 4.86. The lowest BCUT2D eigenvalue weighted by Crippen LogP contribution is -2.47. The fraction of sp³-hybridized carbons (Fsp3) is 0.444. The van der Waals surface area contributed by atoms with Crippen molar-refractivity contribution in [2.24, 2.45) is 0 Å². The Kier molecular flexibility index (Phi) is 5.57. The van der Waals surface area contributed by atoms with Gasteiger partial charge in [0.25, 0.3) is 0 Å². The second-order valence-electron chi connectivity index (χ2n) is 9.69. The standard InChI is InChI=1S/C27H33N7/c1-19-20(2)31-26(30-19)23-22-10-6-7-12-34(22)25-24(23)28-18-29-27(25)33-16-14-32(15-17-33)13-11-21-8-4-3-5-9-21/h3-5,8-9,18H,6-7,10-17H2,1-2H3,(H,30,31). The van der Waals surface area contributed by atoms with Crippen molar-refractivity contribution in [1.82, 2.24) is 29.4 Å². The molecular formula is C27H33N7. The number of aromatic nitrogens is 5. The normalized spacial score (nSPS) is 16.8. The zero-order valence-electron chi connectivity index (χ0n) is 20.2. The van der Waals surface area contributed by atoms with E-state index in [1.165, 1.54) is 35.2 Å². The molecule has 34 heavy (non-hydrogen) atoms. The molecule has 0 amide bonds. The maximum atomic E-state index is 4.86. The molecule has 1 saturated heterocycles. The molecule has 176 valence electrons. The fourth-order valence-electron chi connectivity index (χ4n) is 5.54. The highest BCUT2D eigenvalue weighted by Gasteiger charge is 2.29. The summed E-state index contributed by atoms with van der Waals surface area (Å²) in [5, 5.41) is 0. The summed E-state index contributed by atoms with van der Waals surface area (Å²) in [5.74, 6) is 2.04. The van der Waals surface area contributed by atoms with Gasteiger partial charge >= 0.3 is 0 Å². The van der Waals surface area contributed by atoms with Crippen molar-refractivity contribution in [1.29, 1.82) is 0 Å². The van der Waals surface area contributed by atoms with Crippen molar-refractivity contribution in [3.05, 3.63) is 59.3 Å². The molecule has 0 atom stereocenters. The van der Waals surface area contributed by atoms with Crippen LogP contribution in [0.5, 0.6) is 0 Å². The number of hydrogen-bond donors (Lipinski definition) is 1. The predicted molar refractivity (Wildman–Crippen MR) is 136 cm³/mol. The number of imidazole rings is 1. The van der Waals surface area contributed by atoms with E-state index in [9.17, 15) is 0 Å². The lowest BCUT2D eigenvalue weighted by Gasteiger charge is -2.35. The van der Waals surface area contributed by atoms with Gasteiger partial charge in [0.15, 0.2) is 5.82 Å². The van der Waals surface area contributed by atoms with Crippen molar-refractivity contribution in [3.8, 4) is 11.4 Å². The lowest BCUT2D eigenvalue weighted by molar-refractivity contribution is 0.260. The number of benzene rings is 1.